The van der Waals surface area contributed by atoms with Gasteiger partial charge in [0.2, 0.25) is 0 Å². The standard InChI is InChI=1S/C31H36ClF3N4O2/c1-21-18-38(19-22(2)41-21)10-9-37-11-12-39(29(20-37)13-23-3-5-28(32)6-4-23)30(40)26-14-25(24-7-8-36-17-24)15-27(16-26)31(33,34)35/h3-8,14-17,21-22,29,36H,9-13,18-20H2,1-2H3/t21?,22?,29-/m1/s1. The minimum atomic E-state index is -4.57. The Balaban J connectivity index is 1.37. The first-order valence-corrected chi connectivity index (χ1v) is 14.4. The predicted octanol–water partition coefficient (Wildman–Crippen LogP) is 5.83. The van der Waals surface area contributed by atoms with Crippen molar-refractivity contribution in [3.05, 3.63) is 82.6 Å². The highest BCUT2D eigenvalue weighted by Crippen LogP contribution is 2.34. The van der Waals surface area contributed by atoms with Gasteiger partial charge in [-0.25, -0.2) is 0 Å². The normalized spacial score (nSPS) is 22.7. The molecule has 2 aliphatic rings. The summed E-state index contributed by atoms with van der Waals surface area (Å²) in [5.74, 6) is -0.387. The van der Waals surface area contributed by atoms with E-state index < -0.39 is 11.7 Å². The number of ether oxygens (including phenoxy) is 1. The topological polar surface area (TPSA) is 51.8 Å². The number of carbonyl (C=O) groups is 1. The Kier molecular flexibility index (Phi) is 9.09. The zero-order valence-corrected chi connectivity index (χ0v) is 24.1. The average molecular weight is 589 g/mol. The van der Waals surface area contributed by atoms with E-state index in [9.17, 15) is 18.0 Å². The summed E-state index contributed by atoms with van der Waals surface area (Å²) in [6.45, 7) is 9.41. The van der Waals surface area contributed by atoms with Crippen molar-refractivity contribution in [1.29, 1.82) is 0 Å². The molecule has 2 saturated heterocycles. The maximum absolute atomic E-state index is 13.9. The Morgan fingerprint density at radius 3 is 2.32 bits per heavy atom. The molecule has 6 nitrogen and oxygen atoms in total. The van der Waals surface area contributed by atoms with Gasteiger partial charge in [0.25, 0.3) is 5.91 Å². The molecule has 220 valence electrons. The molecular formula is C31H36ClF3N4O2. The van der Waals surface area contributed by atoms with Crippen LogP contribution in [0.3, 0.4) is 0 Å². The first kappa shape index (κ1) is 29.6. The van der Waals surface area contributed by atoms with Crippen molar-refractivity contribution in [3.8, 4) is 11.1 Å². The van der Waals surface area contributed by atoms with Crippen molar-refractivity contribution in [1.82, 2.24) is 19.7 Å². The highest BCUT2D eigenvalue weighted by atomic mass is 35.5. The Hall–Kier alpha value is -2.85. The fraction of sp³-hybridized carbons (Fsp3) is 0.452. The number of benzene rings is 2. The minimum absolute atomic E-state index is 0.0434. The molecule has 3 heterocycles. The van der Waals surface area contributed by atoms with Crippen LogP contribution in [0.1, 0.15) is 35.3 Å². The van der Waals surface area contributed by atoms with Gasteiger partial charge in [-0.05, 0) is 73.4 Å². The number of amides is 1. The number of H-pyrrole nitrogens is 1. The van der Waals surface area contributed by atoms with Crippen LogP contribution in [0, 0.1) is 0 Å². The van der Waals surface area contributed by atoms with E-state index in [4.69, 9.17) is 16.3 Å². The van der Waals surface area contributed by atoms with Crippen LogP contribution in [0.2, 0.25) is 5.02 Å². The quantitative estimate of drug-likeness (QED) is 0.377. The lowest BCUT2D eigenvalue weighted by atomic mass is 9.98. The van der Waals surface area contributed by atoms with Gasteiger partial charge in [0.05, 0.1) is 17.8 Å². The third-order valence-electron chi connectivity index (χ3n) is 7.88. The Labute approximate surface area is 244 Å². The van der Waals surface area contributed by atoms with Crippen LogP contribution in [-0.2, 0) is 17.3 Å². The number of piperazine rings is 1. The molecule has 3 atom stereocenters. The predicted molar refractivity (Wildman–Crippen MR) is 154 cm³/mol. The second-order valence-corrected chi connectivity index (χ2v) is 11.6. The van der Waals surface area contributed by atoms with Crippen molar-refractivity contribution in [3.63, 3.8) is 0 Å². The van der Waals surface area contributed by atoms with E-state index in [1.165, 1.54) is 0 Å². The molecule has 0 bridgehead atoms. The van der Waals surface area contributed by atoms with Gasteiger partial charge in [-0.1, -0.05) is 23.7 Å². The molecule has 0 aliphatic carbocycles. The molecule has 0 radical (unpaired) electrons. The summed E-state index contributed by atoms with van der Waals surface area (Å²) in [5, 5.41) is 0.627. The molecule has 1 amide bonds. The Bertz CT molecular complexity index is 1310. The van der Waals surface area contributed by atoms with Gasteiger partial charge in [-0.15, -0.1) is 0 Å². The van der Waals surface area contributed by atoms with Gasteiger partial charge in [-0.2, -0.15) is 13.2 Å². The van der Waals surface area contributed by atoms with E-state index in [1.54, 1.807) is 29.4 Å². The number of hydrogen-bond acceptors (Lipinski definition) is 4. The smallest absolute Gasteiger partial charge is 0.373 e. The monoisotopic (exact) mass is 588 g/mol. The van der Waals surface area contributed by atoms with Crippen LogP contribution < -0.4 is 0 Å². The molecule has 3 aromatic rings. The first-order chi connectivity index (χ1) is 19.5. The van der Waals surface area contributed by atoms with Crippen LogP contribution in [0.4, 0.5) is 13.2 Å². The summed E-state index contributed by atoms with van der Waals surface area (Å²) in [7, 11) is 0. The van der Waals surface area contributed by atoms with Crippen LogP contribution in [-0.4, -0.2) is 89.7 Å². The zero-order valence-electron chi connectivity index (χ0n) is 23.3. The molecular weight excluding hydrogens is 553 g/mol. The van der Waals surface area contributed by atoms with E-state index in [-0.39, 0.29) is 29.7 Å². The molecule has 5 rings (SSSR count). The van der Waals surface area contributed by atoms with Crippen molar-refractivity contribution in [2.24, 2.45) is 0 Å². The molecule has 2 unspecified atom stereocenters. The number of alkyl halides is 3. The Morgan fingerprint density at radius 1 is 0.951 bits per heavy atom. The van der Waals surface area contributed by atoms with E-state index in [2.05, 4.69) is 28.6 Å². The average Bonchev–Trinajstić information content (AvgIpc) is 3.47. The lowest BCUT2D eigenvalue weighted by molar-refractivity contribution is -0.137. The number of aromatic amines is 1. The van der Waals surface area contributed by atoms with Gasteiger partial charge in [0.15, 0.2) is 0 Å². The van der Waals surface area contributed by atoms with Gasteiger partial charge in [0.1, 0.15) is 0 Å². The number of nitrogens with one attached hydrogen (secondary N) is 1. The van der Waals surface area contributed by atoms with Gasteiger partial charge >= 0.3 is 6.18 Å². The molecule has 2 aliphatic heterocycles. The number of hydrogen-bond donors (Lipinski definition) is 1. The summed E-state index contributed by atoms with van der Waals surface area (Å²) in [5.41, 5.74) is 1.18. The number of aromatic nitrogens is 1. The number of morpholine rings is 1. The summed E-state index contributed by atoms with van der Waals surface area (Å²) in [6.07, 6.45) is -0.339. The van der Waals surface area contributed by atoms with Crippen LogP contribution in [0.25, 0.3) is 11.1 Å². The van der Waals surface area contributed by atoms with Gasteiger partial charge in [0, 0.05) is 74.8 Å². The first-order valence-electron chi connectivity index (χ1n) is 14.1. The lowest BCUT2D eigenvalue weighted by Gasteiger charge is -2.43. The largest absolute Gasteiger partial charge is 0.416 e. The fourth-order valence-corrected chi connectivity index (χ4v) is 6.08. The van der Waals surface area contributed by atoms with Crippen LogP contribution in [0.5, 0.6) is 0 Å². The van der Waals surface area contributed by atoms with Crippen LogP contribution in [0.15, 0.2) is 60.9 Å². The zero-order chi connectivity index (χ0) is 29.1. The number of rotatable bonds is 7. The highest BCUT2D eigenvalue weighted by Gasteiger charge is 2.35. The maximum Gasteiger partial charge on any atom is 0.416 e. The molecule has 1 aromatic heterocycles. The highest BCUT2D eigenvalue weighted by molar-refractivity contribution is 6.30. The minimum Gasteiger partial charge on any atom is -0.373 e. The maximum atomic E-state index is 13.9. The second kappa shape index (κ2) is 12.6. The Morgan fingerprint density at radius 2 is 1.66 bits per heavy atom. The van der Waals surface area contributed by atoms with Crippen molar-refractivity contribution in [2.75, 3.05) is 45.8 Å². The molecule has 41 heavy (non-hydrogen) atoms. The second-order valence-electron chi connectivity index (χ2n) is 11.2. The third kappa shape index (κ3) is 7.52. The van der Waals surface area contributed by atoms with E-state index in [0.29, 0.717) is 42.2 Å². The van der Waals surface area contributed by atoms with Crippen molar-refractivity contribution < 1.29 is 22.7 Å². The number of nitrogens with zero attached hydrogens (tertiary/aromatic N) is 3. The molecule has 2 fully saturated rings. The fourth-order valence-electron chi connectivity index (χ4n) is 5.96. The lowest BCUT2D eigenvalue weighted by Crippen LogP contribution is -2.57. The van der Waals surface area contributed by atoms with Gasteiger partial charge < -0.3 is 14.6 Å². The molecule has 0 spiro atoms. The van der Waals surface area contributed by atoms with E-state index in [0.717, 1.165) is 43.9 Å². The number of carbonyl (C=O) groups excluding carboxylic acids is 1. The summed E-state index contributed by atoms with van der Waals surface area (Å²) < 4.78 is 47.5. The number of halogens is 4. The molecule has 0 saturated carbocycles. The third-order valence-corrected chi connectivity index (χ3v) is 8.13. The SMILES string of the molecule is CC1CN(CCN2CCN(C(=O)c3cc(-c4cc[nH]c4)cc(C(F)(F)F)c3)[C@H](Cc3ccc(Cl)cc3)C2)CC(C)O1. The van der Waals surface area contributed by atoms with Crippen molar-refractivity contribution >= 4 is 17.5 Å². The molecule has 2 aromatic carbocycles. The van der Waals surface area contributed by atoms with E-state index >= 15 is 0 Å². The van der Waals surface area contributed by atoms with E-state index in [1.807, 2.05) is 24.3 Å². The summed E-state index contributed by atoms with van der Waals surface area (Å²) >= 11 is 6.10. The summed E-state index contributed by atoms with van der Waals surface area (Å²) in [4.78, 5) is 23.3. The summed E-state index contributed by atoms with van der Waals surface area (Å²) in [6, 6.07) is 12.6. The van der Waals surface area contributed by atoms with Crippen LogP contribution >= 0.6 is 11.6 Å². The van der Waals surface area contributed by atoms with Gasteiger partial charge in [-0.3, -0.25) is 14.6 Å². The van der Waals surface area contributed by atoms with Crippen molar-refractivity contribution in [2.45, 2.75) is 44.7 Å². The molecule has 1 N–H and O–H groups in total. The molecule has 10 heteroatoms.